The van der Waals surface area contributed by atoms with Crippen LogP contribution < -0.4 is 10.7 Å². The monoisotopic (exact) mass is 414 g/mol. The van der Waals surface area contributed by atoms with Gasteiger partial charge in [0.05, 0.1) is 28.1 Å². The Balaban J connectivity index is 1.71. The molecule has 0 radical (unpaired) electrons. The van der Waals surface area contributed by atoms with Crippen molar-refractivity contribution in [1.82, 2.24) is 15.2 Å². The number of nitrogens with one attached hydrogen (secondary N) is 2. The fraction of sp³-hybridized carbons (Fsp3) is 0.0556. The predicted molar refractivity (Wildman–Crippen MR) is 113 cm³/mol. The highest BCUT2D eigenvalue weighted by atomic mass is 35.5. The lowest BCUT2D eigenvalue weighted by molar-refractivity contribution is -0.383. The molecule has 142 valence electrons. The molecule has 0 bridgehead atoms. The molecule has 3 aromatic rings. The Morgan fingerprint density at radius 1 is 1.25 bits per heavy atom. The van der Waals surface area contributed by atoms with Crippen LogP contribution in [0.4, 0.5) is 11.4 Å². The van der Waals surface area contributed by atoms with E-state index in [2.05, 4.69) is 20.9 Å². The summed E-state index contributed by atoms with van der Waals surface area (Å²) >= 11 is 11.6. The van der Waals surface area contributed by atoms with Crippen LogP contribution in [-0.4, -0.2) is 26.0 Å². The molecule has 0 aliphatic carbocycles. The molecule has 28 heavy (non-hydrogen) atoms. The van der Waals surface area contributed by atoms with E-state index in [1.807, 2.05) is 37.3 Å². The first kappa shape index (κ1) is 19.5. The van der Waals surface area contributed by atoms with Crippen LogP contribution in [0.5, 0.6) is 0 Å². The largest absolute Gasteiger partial charge is 0.326 e. The highest BCUT2D eigenvalue weighted by Crippen LogP contribution is 2.23. The molecule has 2 N–H and O–H groups in total. The standard InChI is InChI=1S/C18H15ClN6O2S/c1-12-14(17(19)24(23-12)13-7-3-2-4-8-13)11-20-22-18(28)21-15-9-5-6-10-16(15)25(26)27/h2-11H,1H3,(H2,21,22,28)/b20-11-. The SMILES string of the molecule is Cc1nn(-c2ccccc2)c(Cl)c1/C=N\NC(=S)Nc1ccccc1[N+](=O)[O-]. The number of para-hydroxylation sites is 3. The van der Waals surface area contributed by atoms with Crippen LogP contribution in [0.15, 0.2) is 59.7 Å². The molecule has 0 aliphatic rings. The minimum Gasteiger partial charge on any atom is -0.326 e. The molecule has 0 fully saturated rings. The first-order valence-electron chi connectivity index (χ1n) is 8.11. The molecule has 1 heterocycles. The second-order valence-corrected chi connectivity index (χ2v) is 6.40. The number of aromatic nitrogens is 2. The number of benzene rings is 2. The predicted octanol–water partition coefficient (Wildman–Crippen LogP) is 4.06. The van der Waals surface area contributed by atoms with Gasteiger partial charge in [0.2, 0.25) is 0 Å². The van der Waals surface area contributed by atoms with Crippen LogP contribution >= 0.6 is 23.8 Å². The van der Waals surface area contributed by atoms with E-state index < -0.39 is 4.92 Å². The average molecular weight is 415 g/mol. The zero-order chi connectivity index (χ0) is 20.1. The zero-order valence-electron chi connectivity index (χ0n) is 14.7. The molecule has 0 aliphatic heterocycles. The van der Waals surface area contributed by atoms with Crippen molar-refractivity contribution in [2.24, 2.45) is 5.10 Å². The number of hydrazone groups is 1. The third-order valence-corrected chi connectivity index (χ3v) is 4.31. The summed E-state index contributed by atoms with van der Waals surface area (Å²) in [5.74, 6) is 0. The van der Waals surface area contributed by atoms with Crippen molar-refractivity contribution in [2.45, 2.75) is 6.92 Å². The van der Waals surface area contributed by atoms with Crippen molar-refractivity contribution in [3.63, 3.8) is 0 Å². The zero-order valence-corrected chi connectivity index (χ0v) is 16.2. The second kappa shape index (κ2) is 8.59. The third-order valence-electron chi connectivity index (χ3n) is 3.76. The van der Waals surface area contributed by atoms with Gasteiger partial charge in [0.25, 0.3) is 5.69 Å². The van der Waals surface area contributed by atoms with Gasteiger partial charge in [-0.3, -0.25) is 15.5 Å². The van der Waals surface area contributed by atoms with Crippen molar-refractivity contribution in [2.75, 3.05) is 5.32 Å². The summed E-state index contributed by atoms with van der Waals surface area (Å²) in [4.78, 5) is 10.6. The molecule has 0 saturated heterocycles. The number of nitrogens with zero attached hydrogens (tertiary/aromatic N) is 4. The van der Waals surface area contributed by atoms with Gasteiger partial charge in [0.1, 0.15) is 10.8 Å². The lowest BCUT2D eigenvalue weighted by Crippen LogP contribution is -2.24. The Labute approximate surface area is 171 Å². The third kappa shape index (κ3) is 4.33. The van der Waals surface area contributed by atoms with E-state index in [-0.39, 0.29) is 16.5 Å². The number of halogens is 1. The van der Waals surface area contributed by atoms with Crippen molar-refractivity contribution >= 4 is 46.5 Å². The van der Waals surface area contributed by atoms with Gasteiger partial charge in [0, 0.05) is 6.07 Å². The quantitative estimate of drug-likeness (QED) is 0.283. The molecular formula is C18H15ClN6O2S. The van der Waals surface area contributed by atoms with Gasteiger partial charge in [-0.15, -0.1) is 0 Å². The minimum atomic E-state index is -0.491. The van der Waals surface area contributed by atoms with E-state index in [0.29, 0.717) is 16.4 Å². The van der Waals surface area contributed by atoms with Gasteiger partial charge in [-0.05, 0) is 37.3 Å². The Hall–Kier alpha value is -3.30. The fourth-order valence-electron chi connectivity index (χ4n) is 2.44. The molecule has 0 unspecified atom stereocenters. The topological polar surface area (TPSA) is 97.4 Å². The van der Waals surface area contributed by atoms with Crippen molar-refractivity contribution in [1.29, 1.82) is 0 Å². The summed E-state index contributed by atoms with van der Waals surface area (Å²) in [5.41, 5.74) is 4.96. The van der Waals surface area contributed by atoms with E-state index >= 15 is 0 Å². The summed E-state index contributed by atoms with van der Waals surface area (Å²) in [6, 6.07) is 15.7. The molecule has 0 saturated carbocycles. The second-order valence-electron chi connectivity index (χ2n) is 5.64. The Morgan fingerprint density at radius 3 is 2.64 bits per heavy atom. The maximum Gasteiger partial charge on any atom is 0.292 e. The Morgan fingerprint density at radius 2 is 1.93 bits per heavy atom. The van der Waals surface area contributed by atoms with Gasteiger partial charge in [-0.2, -0.15) is 10.2 Å². The summed E-state index contributed by atoms with van der Waals surface area (Å²) in [7, 11) is 0. The van der Waals surface area contributed by atoms with E-state index in [0.717, 1.165) is 5.69 Å². The van der Waals surface area contributed by atoms with E-state index in [9.17, 15) is 10.1 Å². The van der Waals surface area contributed by atoms with E-state index in [4.69, 9.17) is 23.8 Å². The number of hydrogen-bond acceptors (Lipinski definition) is 5. The van der Waals surface area contributed by atoms with Gasteiger partial charge in [-0.1, -0.05) is 41.9 Å². The lowest BCUT2D eigenvalue weighted by atomic mass is 10.3. The lowest BCUT2D eigenvalue weighted by Gasteiger charge is -2.07. The van der Waals surface area contributed by atoms with Gasteiger partial charge < -0.3 is 5.32 Å². The summed E-state index contributed by atoms with van der Waals surface area (Å²) < 4.78 is 1.61. The van der Waals surface area contributed by atoms with Crippen molar-refractivity contribution in [3.8, 4) is 5.69 Å². The van der Waals surface area contributed by atoms with E-state index in [1.165, 1.54) is 12.3 Å². The molecule has 8 nitrogen and oxygen atoms in total. The molecular weight excluding hydrogens is 400 g/mol. The van der Waals surface area contributed by atoms with Crippen LogP contribution in [0, 0.1) is 17.0 Å². The minimum absolute atomic E-state index is 0.0846. The van der Waals surface area contributed by atoms with Gasteiger partial charge >= 0.3 is 0 Å². The smallest absolute Gasteiger partial charge is 0.292 e. The van der Waals surface area contributed by atoms with Crippen LogP contribution in [0.1, 0.15) is 11.3 Å². The first-order valence-corrected chi connectivity index (χ1v) is 8.90. The van der Waals surface area contributed by atoms with Crippen LogP contribution in [0.25, 0.3) is 5.69 Å². The highest BCUT2D eigenvalue weighted by molar-refractivity contribution is 7.80. The summed E-state index contributed by atoms with van der Waals surface area (Å²) in [6.45, 7) is 1.82. The van der Waals surface area contributed by atoms with Gasteiger partial charge in [0.15, 0.2) is 5.11 Å². The Kier molecular flexibility index (Phi) is 5.97. The van der Waals surface area contributed by atoms with Crippen LogP contribution in [-0.2, 0) is 0 Å². The first-order chi connectivity index (χ1) is 13.5. The number of nitro groups is 1. The number of rotatable bonds is 5. The average Bonchev–Trinajstić information content (AvgIpc) is 2.97. The van der Waals surface area contributed by atoms with E-state index in [1.54, 1.807) is 22.9 Å². The van der Waals surface area contributed by atoms with Crippen molar-refractivity contribution in [3.05, 3.63) is 81.1 Å². The fourth-order valence-corrected chi connectivity index (χ4v) is 2.93. The number of thiocarbonyl (C=S) groups is 1. The maximum absolute atomic E-state index is 11.0. The molecule has 10 heteroatoms. The molecule has 1 aromatic heterocycles. The molecule has 0 atom stereocenters. The Bertz CT molecular complexity index is 1050. The molecule has 3 rings (SSSR count). The number of aryl methyl sites for hydroxylation is 1. The number of hydrogen-bond donors (Lipinski definition) is 2. The normalized spacial score (nSPS) is 10.8. The maximum atomic E-state index is 11.0. The van der Waals surface area contributed by atoms with Crippen LogP contribution in [0.2, 0.25) is 5.15 Å². The van der Waals surface area contributed by atoms with Gasteiger partial charge in [-0.25, -0.2) is 4.68 Å². The molecule has 2 aromatic carbocycles. The molecule has 0 amide bonds. The highest BCUT2D eigenvalue weighted by Gasteiger charge is 2.14. The van der Waals surface area contributed by atoms with Crippen LogP contribution in [0.3, 0.4) is 0 Å². The summed E-state index contributed by atoms with van der Waals surface area (Å²) in [5, 5.41) is 22.8. The molecule has 0 spiro atoms. The number of nitro benzene ring substituents is 1. The van der Waals surface area contributed by atoms with Crippen molar-refractivity contribution < 1.29 is 4.92 Å². The summed E-state index contributed by atoms with van der Waals surface area (Å²) in [6.07, 6.45) is 1.50. The number of anilines is 1.